The van der Waals surface area contributed by atoms with E-state index < -0.39 is 19.3 Å². The third kappa shape index (κ3) is 5.68. The fourth-order valence-corrected chi connectivity index (χ4v) is 6.27. The summed E-state index contributed by atoms with van der Waals surface area (Å²) in [6.45, 7) is 21.8. The minimum absolute atomic E-state index is 0.000193. The third-order valence-electron chi connectivity index (χ3n) is 8.79. The van der Waals surface area contributed by atoms with Crippen LogP contribution in [0.2, 0.25) is 18.1 Å². The molecule has 0 radical (unpaired) electrons. The highest BCUT2D eigenvalue weighted by Crippen LogP contribution is 2.55. The normalized spacial score (nSPS) is 21.8. The number of benzene rings is 1. The van der Waals surface area contributed by atoms with Crippen LogP contribution in [0.1, 0.15) is 111 Å². The van der Waals surface area contributed by atoms with E-state index in [1.165, 1.54) is 0 Å². The van der Waals surface area contributed by atoms with Gasteiger partial charge in [0.2, 0.25) is 8.32 Å². The topological polar surface area (TPSA) is 61.8 Å². The summed E-state index contributed by atoms with van der Waals surface area (Å²) < 4.78 is 19.3. The zero-order valence-corrected chi connectivity index (χ0v) is 25.3. The maximum Gasteiger partial charge on any atom is 0.315 e. The molecule has 2 atom stereocenters. The van der Waals surface area contributed by atoms with Crippen molar-refractivity contribution in [2.45, 2.75) is 129 Å². The number of hydrogen-bond acceptors (Lipinski definition) is 5. The zero-order valence-electron chi connectivity index (χ0n) is 24.3. The third-order valence-corrected chi connectivity index (χ3v) is 13.1. The molecular weight excluding hydrogens is 468 g/mol. The summed E-state index contributed by atoms with van der Waals surface area (Å²) in [4.78, 5) is 25.8. The first kappa shape index (κ1) is 28.7. The first-order valence-electron chi connectivity index (χ1n) is 13.8. The number of rotatable bonds is 8. The van der Waals surface area contributed by atoms with Gasteiger partial charge in [0.25, 0.3) is 0 Å². The minimum atomic E-state index is -2.21. The van der Waals surface area contributed by atoms with Crippen LogP contribution in [-0.2, 0) is 19.7 Å². The predicted molar refractivity (Wildman–Crippen MR) is 148 cm³/mol. The second-order valence-corrected chi connectivity index (χ2v) is 18.1. The lowest BCUT2D eigenvalue weighted by Gasteiger charge is -2.48. The highest BCUT2D eigenvalue weighted by atomic mass is 28.4. The summed E-state index contributed by atoms with van der Waals surface area (Å²) in [7, 11) is -2.21. The van der Waals surface area contributed by atoms with Crippen LogP contribution in [0.15, 0.2) is 12.1 Å². The van der Waals surface area contributed by atoms with E-state index in [0.29, 0.717) is 25.2 Å². The van der Waals surface area contributed by atoms with E-state index >= 15 is 0 Å². The maximum atomic E-state index is 13.2. The van der Waals surface area contributed by atoms with Crippen LogP contribution in [0, 0.1) is 5.92 Å². The van der Waals surface area contributed by atoms with Gasteiger partial charge in [-0.05, 0) is 76.4 Å². The van der Waals surface area contributed by atoms with Gasteiger partial charge >= 0.3 is 5.97 Å². The molecule has 1 aromatic rings. The summed E-state index contributed by atoms with van der Waals surface area (Å²) in [6, 6.07) is 4.03. The van der Waals surface area contributed by atoms with Gasteiger partial charge in [-0.3, -0.25) is 9.59 Å². The van der Waals surface area contributed by atoms with Crippen LogP contribution in [-0.4, -0.2) is 32.3 Å². The molecule has 3 rings (SSSR count). The molecule has 0 aromatic heterocycles. The SMILES string of the molecule is CCCCCOC(=O)C(C)(C)c1cc2c(c(O[Si](C)(C)C(C)(C)C)c1)[C@@H]1CC(=O)CC[C@H]1C(C)(C)O2. The van der Waals surface area contributed by atoms with Gasteiger partial charge in [0, 0.05) is 30.2 Å². The second kappa shape index (κ2) is 10.1. The number of ether oxygens (including phenoxy) is 2. The Labute approximate surface area is 219 Å². The summed E-state index contributed by atoms with van der Waals surface area (Å²) in [5.74, 6) is 1.89. The molecule has 5 nitrogen and oxygen atoms in total. The fraction of sp³-hybridized carbons (Fsp3) is 0.733. The van der Waals surface area contributed by atoms with Crippen LogP contribution in [0.25, 0.3) is 0 Å². The molecule has 0 N–H and O–H groups in total. The summed E-state index contributed by atoms with van der Waals surface area (Å²) in [5.41, 5.74) is 0.565. The van der Waals surface area contributed by atoms with Crippen LogP contribution in [0.5, 0.6) is 11.5 Å². The Bertz CT molecular complexity index is 986. The molecule has 1 saturated carbocycles. The number of unbranched alkanes of at least 4 members (excludes halogenated alkanes) is 2. The van der Waals surface area contributed by atoms with E-state index in [0.717, 1.165) is 48.3 Å². The molecule has 0 spiro atoms. The Morgan fingerprint density at radius 2 is 1.81 bits per heavy atom. The molecule has 1 aliphatic carbocycles. The molecule has 0 saturated heterocycles. The zero-order chi connectivity index (χ0) is 27.1. The van der Waals surface area contributed by atoms with Gasteiger partial charge < -0.3 is 13.9 Å². The second-order valence-electron chi connectivity index (χ2n) is 13.4. The van der Waals surface area contributed by atoms with Crippen molar-refractivity contribution in [1.29, 1.82) is 0 Å². The van der Waals surface area contributed by atoms with Gasteiger partial charge in [-0.25, -0.2) is 0 Å². The Morgan fingerprint density at radius 1 is 1.14 bits per heavy atom. The van der Waals surface area contributed by atoms with Crippen molar-refractivity contribution in [3.05, 3.63) is 23.3 Å². The van der Waals surface area contributed by atoms with E-state index in [2.05, 4.69) is 54.6 Å². The quantitative estimate of drug-likeness (QED) is 0.201. The smallest absolute Gasteiger partial charge is 0.315 e. The Hall–Kier alpha value is -1.82. The van der Waals surface area contributed by atoms with Crippen LogP contribution in [0.3, 0.4) is 0 Å². The first-order valence-corrected chi connectivity index (χ1v) is 16.7. The fourth-order valence-electron chi connectivity index (χ4n) is 5.24. The molecular formula is C30H48O5Si. The predicted octanol–water partition coefficient (Wildman–Crippen LogP) is 7.71. The van der Waals surface area contributed by atoms with Crippen molar-refractivity contribution in [1.82, 2.24) is 0 Å². The van der Waals surface area contributed by atoms with Crippen molar-refractivity contribution < 1.29 is 23.5 Å². The summed E-state index contributed by atoms with van der Waals surface area (Å²) >= 11 is 0. The van der Waals surface area contributed by atoms with E-state index in [1.54, 1.807) is 0 Å². The lowest BCUT2D eigenvalue weighted by molar-refractivity contribution is -0.149. The number of fused-ring (bicyclic) bond motifs is 3. The number of hydrogen-bond donors (Lipinski definition) is 0. The van der Waals surface area contributed by atoms with Crippen molar-refractivity contribution in [3.63, 3.8) is 0 Å². The lowest BCUT2D eigenvalue weighted by Crippen LogP contribution is -2.48. The van der Waals surface area contributed by atoms with Crippen molar-refractivity contribution in [2.75, 3.05) is 6.61 Å². The average molecular weight is 517 g/mol. The summed E-state index contributed by atoms with van der Waals surface area (Å²) in [5, 5.41) is 0.000193. The lowest BCUT2D eigenvalue weighted by atomic mass is 9.66. The minimum Gasteiger partial charge on any atom is -0.543 e. The first-order chi connectivity index (χ1) is 16.5. The largest absolute Gasteiger partial charge is 0.543 e. The van der Waals surface area contributed by atoms with Crippen LogP contribution >= 0.6 is 0 Å². The van der Waals surface area contributed by atoms with Crippen molar-refractivity contribution in [3.8, 4) is 11.5 Å². The van der Waals surface area contributed by atoms with Crippen LogP contribution in [0.4, 0.5) is 0 Å². The highest BCUT2D eigenvalue weighted by molar-refractivity contribution is 6.74. The Balaban J connectivity index is 2.12. The number of carbonyl (C=O) groups excluding carboxylic acids is 2. The van der Waals surface area contributed by atoms with Gasteiger partial charge in [0.1, 0.15) is 22.9 Å². The summed E-state index contributed by atoms with van der Waals surface area (Å²) in [6.07, 6.45) is 4.94. The van der Waals surface area contributed by atoms with Gasteiger partial charge in [-0.15, -0.1) is 0 Å². The Morgan fingerprint density at radius 3 is 2.42 bits per heavy atom. The van der Waals surface area contributed by atoms with Crippen molar-refractivity contribution in [2.24, 2.45) is 5.92 Å². The molecule has 1 heterocycles. The van der Waals surface area contributed by atoms with E-state index in [9.17, 15) is 9.59 Å². The Kier molecular flexibility index (Phi) is 8.10. The highest BCUT2D eigenvalue weighted by Gasteiger charge is 2.49. The average Bonchev–Trinajstić information content (AvgIpc) is 2.74. The molecule has 0 bridgehead atoms. The molecule has 2 aliphatic rings. The monoisotopic (exact) mass is 516 g/mol. The number of Topliss-reactive ketones (excluding diaryl/α,β-unsaturated/α-hetero) is 1. The van der Waals surface area contributed by atoms with Crippen molar-refractivity contribution >= 4 is 20.1 Å². The van der Waals surface area contributed by atoms with Gasteiger partial charge in [-0.2, -0.15) is 0 Å². The molecule has 0 amide bonds. The maximum absolute atomic E-state index is 13.2. The van der Waals surface area contributed by atoms with Crippen LogP contribution < -0.4 is 9.16 Å². The van der Waals surface area contributed by atoms with Gasteiger partial charge in [-0.1, -0.05) is 40.5 Å². The standard InChI is InChI=1S/C30H48O5Si/c1-11-12-13-16-33-27(32)29(5,6)20-17-24-26(25(18-20)35-36(9,10)28(2,3)4)22-19-21(31)14-15-23(22)30(7,8)34-24/h17-18,22-23H,11-16,19H2,1-10H3/t22-,23-/m1/s1. The number of carbonyl (C=O) groups is 2. The van der Waals surface area contributed by atoms with Gasteiger partial charge in [0.15, 0.2) is 0 Å². The van der Waals surface area contributed by atoms with E-state index in [1.807, 2.05) is 26.0 Å². The molecule has 202 valence electrons. The van der Waals surface area contributed by atoms with E-state index in [4.69, 9.17) is 13.9 Å². The molecule has 6 heteroatoms. The molecule has 0 unspecified atom stereocenters. The van der Waals surface area contributed by atoms with E-state index in [-0.39, 0.29) is 22.8 Å². The molecule has 36 heavy (non-hydrogen) atoms. The number of ketones is 1. The van der Waals surface area contributed by atoms with Gasteiger partial charge in [0.05, 0.1) is 12.0 Å². The molecule has 1 aliphatic heterocycles. The molecule has 1 aromatic carbocycles. The number of esters is 1. The molecule has 1 fully saturated rings.